The number of sulfone groups is 1. The third-order valence-electron chi connectivity index (χ3n) is 3.78. The average molecular weight is 332 g/mol. The van der Waals surface area contributed by atoms with Crippen LogP contribution in [0.25, 0.3) is 0 Å². The summed E-state index contributed by atoms with van der Waals surface area (Å²) in [5, 5.41) is 3.27. The Morgan fingerprint density at radius 3 is 2.76 bits per heavy atom. The van der Waals surface area contributed by atoms with Crippen LogP contribution in [0.15, 0.2) is 29.2 Å². The van der Waals surface area contributed by atoms with Gasteiger partial charge in [-0.1, -0.05) is 6.07 Å². The van der Waals surface area contributed by atoms with E-state index in [0.29, 0.717) is 18.8 Å². The van der Waals surface area contributed by atoms with Crippen molar-refractivity contribution in [3.63, 3.8) is 0 Å². The molecule has 2 aliphatic rings. The van der Waals surface area contributed by atoms with Gasteiger partial charge < -0.3 is 10.2 Å². The van der Waals surface area contributed by atoms with Gasteiger partial charge in [-0.25, -0.2) is 13.2 Å². The van der Waals surface area contributed by atoms with E-state index in [4.69, 9.17) is 0 Å². The van der Waals surface area contributed by atoms with Crippen LogP contribution in [-0.2, 0) is 9.84 Å². The van der Waals surface area contributed by atoms with Gasteiger partial charge in [-0.2, -0.15) is 0 Å². The van der Waals surface area contributed by atoms with Crippen LogP contribution < -0.4 is 10.2 Å². The van der Waals surface area contributed by atoms with Crippen LogP contribution in [0.1, 0.15) is 0 Å². The van der Waals surface area contributed by atoms with Crippen molar-refractivity contribution in [3.8, 4) is 0 Å². The number of hydrogen-bond acceptors (Lipinski definition) is 4. The third kappa shape index (κ3) is 3.00. The van der Waals surface area contributed by atoms with Crippen molar-refractivity contribution in [2.75, 3.05) is 37.3 Å². The number of fused-ring (bicyclic) bond motifs is 1. The molecule has 0 aliphatic carbocycles. The molecule has 1 aromatic rings. The number of halogens is 1. The minimum atomic E-state index is -3.26. The van der Waals surface area contributed by atoms with Crippen molar-refractivity contribution < 1.29 is 13.2 Å². The summed E-state index contributed by atoms with van der Waals surface area (Å²) < 4.78 is 23.2. The number of nitrogens with zero attached hydrogens (tertiary/aromatic N) is 2. The molecule has 0 saturated carbocycles. The van der Waals surface area contributed by atoms with Crippen LogP contribution in [0.3, 0.4) is 0 Å². The molecule has 2 saturated heterocycles. The molecule has 3 rings (SSSR count). The lowest BCUT2D eigenvalue weighted by Crippen LogP contribution is -2.49. The Labute approximate surface area is 130 Å². The van der Waals surface area contributed by atoms with Gasteiger partial charge >= 0.3 is 6.03 Å². The topological polar surface area (TPSA) is 69.7 Å². The second-order valence-electron chi connectivity index (χ2n) is 5.21. The Morgan fingerprint density at radius 1 is 1.33 bits per heavy atom. The molecular weight excluding hydrogens is 314 g/mol. The Bertz CT molecular complexity index is 650. The monoisotopic (exact) mass is 331 g/mol. The molecule has 1 unspecified atom stereocenters. The molecule has 0 radical (unpaired) electrons. The van der Waals surface area contributed by atoms with E-state index in [0.717, 1.165) is 13.1 Å². The predicted molar refractivity (Wildman–Crippen MR) is 82.9 cm³/mol. The van der Waals surface area contributed by atoms with Crippen LogP contribution in [0.5, 0.6) is 0 Å². The van der Waals surface area contributed by atoms with Gasteiger partial charge in [0.25, 0.3) is 0 Å². The van der Waals surface area contributed by atoms with Crippen molar-refractivity contribution in [2.45, 2.75) is 10.9 Å². The summed E-state index contributed by atoms with van der Waals surface area (Å²) in [5.74, 6) is 0. The highest BCUT2D eigenvalue weighted by Gasteiger charge is 2.39. The summed E-state index contributed by atoms with van der Waals surface area (Å²) >= 11 is 0. The second kappa shape index (κ2) is 5.82. The van der Waals surface area contributed by atoms with Crippen molar-refractivity contribution in [3.05, 3.63) is 24.3 Å². The van der Waals surface area contributed by atoms with Crippen molar-refractivity contribution in [2.24, 2.45) is 0 Å². The van der Waals surface area contributed by atoms with Crippen molar-refractivity contribution in [1.82, 2.24) is 10.2 Å². The molecule has 2 aliphatic heterocycles. The molecule has 8 heteroatoms. The Kier molecular flexibility index (Phi) is 4.46. The Balaban J connectivity index is 0.00000161. The van der Waals surface area contributed by atoms with Gasteiger partial charge in [0.2, 0.25) is 0 Å². The maximum Gasteiger partial charge on any atom is 0.324 e. The number of urea groups is 1. The summed E-state index contributed by atoms with van der Waals surface area (Å²) in [7, 11) is -3.26. The zero-order chi connectivity index (χ0) is 14.3. The first kappa shape index (κ1) is 16.1. The number of piperazine rings is 1. The summed E-state index contributed by atoms with van der Waals surface area (Å²) in [6.45, 7) is 2.89. The number of anilines is 1. The minimum Gasteiger partial charge on any atom is -0.317 e. The number of nitrogens with one attached hydrogen (secondary N) is 1. The maximum absolute atomic E-state index is 12.4. The molecule has 0 aromatic heterocycles. The molecule has 1 N–H and O–H groups in total. The molecule has 21 heavy (non-hydrogen) atoms. The quantitative estimate of drug-likeness (QED) is 0.867. The number of carbonyl (C=O) groups is 1. The number of carbonyl (C=O) groups excluding carboxylic acids is 1. The van der Waals surface area contributed by atoms with Gasteiger partial charge in [0.05, 0.1) is 10.9 Å². The summed E-state index contributed by atoms with van der Waals surface area (Å²) in [6.07, 6.45) is 1.17. The molecule has 2 fully saturated rings. The fourth-order valence-electron chi connectivity index (χ4n) is 2.72. The molecule has 6 nitrogen and oxygen atoms in total. The van der Waals surface area contributed by atoms with Crippen LogP contribution in [0, 0.1) is 0 Å². The average Bonchev–Trinajstić information content (AvgIpc) is 2.76. The van der Waals surface area contributed by atoms with E-state index < -0.39 is 9.84 Å². The normalized spacial score (nSPS) is 22.0. The van der Waals surface area contributed by atoms with Crippen LogP contribution in [-0.4, -0.2) is 57.8 Å². The standard InChI is InChI=1S/C13H17N3O3S.ClH/c1-20(18,19)12-4-2-3-10(7-12)16-9-11-8-14-5-6-15(11)13(16)17;/h2-4,7,11,14H,5-6,8-9H2,1H3;1H. The maximum atomic E-state index is 12.4. The lowest BCUT2D eigenvalue weighted by atomic mass is 10.2. The van der Waals surface area contributed by atoms with E-state index in [1.54, 1.807) is 29.2 Å². The van der Waals surface area contributed by atoms with Gasteiger partial charge in [0, 0.05) is 38.1 Å². The number of rotatable bonds is 2. The molecule has 116 valence electrons. The molecule has 2 heterocycles. The lowest BCUT2D eigenvalue weighted by molar-refractivity contribution is 0.193. The van der Waals surface area contributed by atoms with E-state index >= 15 is 0 Å². The van der Waals surface area contributed by atoms with E-state index in [1.165, 1.54) is 6.26 Å². The van der Waals surface area contributed by atoms with E-state index in [9.17, 15) is 13.2 Å². The first-order chi connectivity index (χ1) is 9.47. The van der Waals surface area contributed by atoms with Gasteiger partial charge in [0.15, 0.2) is 9.84 Å². The Hall–Kier alpha value is -1.31. The lowest BCUT2D eigenvalue weighted by Gasteiger charge is -2.28. The number of benzene rings is 1. The molecule has 1 aromatic carbocycles. The summed E-state index contributed by atoms with van der Waals surface area (Å²) in [4.78, 5) is 16.1. The van der Waals surface area contributed by atoms with Crippen molar-refractivity contribution in [1.29, 1.82) is 0 Å². The fraction of sp³-hybridized carbons (Fsp3) is 0.462. The fourth-order valence-corrected chi connectivity index (χ4v) is 3.38. The highest BCUT2D eigenvalue weighted by molar-refractivity contribution is 7.90. The molecule has 0 spiro atoms. The number of amides is 2. The van der Waals surface area contributed by atoms with Crippen LogP contribution in [0.2, 0.25) is 0 Å². The summed E-state index contributed by atoms with van der Waals surface area (Å²) in [5.41, 5.74) is 0.646. The third-order valence-corrected chi connectivity index (χ3v) is 4.89. The zero-order valence-electron chi connectivity index (χ0n) is 11.7. The van der Waals surface area contributed by atoms with E-state index in [-0.39, 0.29) is 29.4 Å². The minimum absolute atomic E-state index is 0. The highest BCUT2D eigenvalue weighted by Crippen LogP contribution is 2.26. The van der Waals surface area contributed by atoms with Crippen LogP contribution in [0.4, 0.5) is 10.5 Å². The van der Waals surface area contributed by atoms with Crippen LogP contribution >= 0.6 is 12.4 Å². The van der Waals surface area contributed by atoms with Gasteiger partial charge in [0.1, 0.15) is 0 Å². The molecular formula is C13H18ClN3O3S. The largest absolute Gasteiger partial charge is 0.324 e. The summed E-state index contributed by atoms with van der Waals surface area (Å²) in [6, 6.07) is 6.70. The van der Waals surface area contributed by atoms with E-state index in [2.05, 4.69) is 5.32 Å². The van der Waals surface area contributed by atoms with Gasteiger partial charge in [-0.3, -0.25) is 4.90 Å². The number of hydrogen-bond donors (Lipinski definition) is 1. The zero-order valence-corrected chi connectivity index (χ0v) is 13.3. The molecule has 2 amide bonds. The second-order valence-corrected chi connectivity index (χ2v) is 7.23. The first-order valence-electron chi connectivity index (χ1n) is 6.56. The van der Waals surface area contributed by atoms with E-state index in [1.807, 2.05) is 4.90 Å². The first-order valence-corrected chi connectivity index (χ1v) is 8.45. The van der Waals surface area contributed by atoms with Gasteiger partial charge in [-0.15, -0.1) is 12.4 Å². The predicted octanol–water partition coefficient (Wildman–Crippen LogP) is 0.726. The SMILES string of the molecule is CS(=O)(=O)c1cccc(N2CC3CNCCN3C2=O)c1.Cl. The highest BCUT2D eigenvalue weighted by atomic mass is 35.5. The Morgan fingerprint density at radius 2 is 2.10 bits per heavy atom. The molecule has 1 atom stereocenters. The van der Waals surface area contributed by atoms with Gasteiger partial charge in [-0.05, 0) is 18.2 Å². The molecule has 0 bridgehead atoms. The van der Waals surface area contributed by atoms with Crippen molar-refractivity contribution >= 4 is 34.0 Å². The smallest absolute Gasteiger partial charge is 0.317 e.